The van der Waals surface area contributed by atoms with Crippen molar-refractivity contribution in [1.29, 1.82) is 0 Å². The highest BCUT2D eigenvalue weighted by Crippen LogP contribution is 2.19. The predicted molar refractivity (Wildman–Crippen MR) is 39.3 cm³/mol. The molecule has 1 rings (SSSR count). The Bertz CT molecular complexity index is 162. The fourth-order valence-electron chi connectivity index (χ4n) is 1.14. The number of aliphatic hydroxyl groups excluding tert-OH is 1. The summed E-state index contributed by atoms with van der Waals surface area (Å²) in [7, 11) is 0. The molecule has 0 bridgehead atoms. The van der Waals surface area contributed by atoms with E-state index < -0.39 is 24.8 Å². The van der Waals surface area contributed by atoms with Gasteiger partial charge in [-0.15, -0.1) is 0 Å². The van der Waals surface area contributed by atoms with Gasteiger partial charge in [-0.2, -0.15) is 13.2 Å². The minimum atomic E-state index is -4.18. The third-order valence-electron chi connectivity index (χ3n) is 1.85. The molecule has 0 spiro atoms. The van der Waals surface area contributed by atoms with Crippen molar-refractivity contribution in [2.75, 3.05) is 19.7 Å². The van der Waals surface area contributed by atoms with E-state index in [2.05, 4.69) is 5.32 Å². The number of hydrogen-bond donors (Lipinski definition) is 2. The van der Waals surface area contributed by atoms with E-state index >= 15 is 0 Å². The first-order valence-corrected chi connectivity index (χ1v) is 4.06. The number of nitrogens with one attached hydrogen (secondary N) is 1. The van der Waals surface area contributed by atoms with Gasteiger partial charge >= 0.3 is 6.18 Å². The van der Waals surface area contributed by atoms with Crippen LogP contribution >= 0.6 is 0 Å². The third kappa shape index (κ3) is 3.93. The number of rotatable bonds is 3. The summed E-state index contributed by atoms with van der Waals surface area (Å²) in [6.07, 6.45) is -6.33. The molecule has 1 heterocycles. The molecule has 0 aromatic rings. The lowest BCUT2D eigenvalue weighted by Crippen LogP contribution is -2.28. The number of hydrogen-bond acceptors (Lipinski definition) is 3. The zero-order chi connectivity index (χ0) is 9.90. The molecule has 2 atom stereocenters. The molecule has 1 fully saturated rings. The minimum Gasteiger partial charge on any atom is -0.389 e. The van der Waals surface area contributed by atoms with E-state index in [4.69, 9.17) is 9.84 Å². The summed E-state index contributed by atoms with van der Waals surface area (Å²) in [5, 5.41) is 12.0. The van der Waals surface area contributed by atoms with Crippen LogP contribution in [0.15, 0.2) is 0 Å². The van der Waals surface area contributed by atoms with Crippen molar-refractivity contribution in [2.45, 2.75) is 24.8 Å². The fourth-order valence-corrected chi connectivity index (χ4v) is 1.14. The summed E-state index contributed by atoms with van der Waals surface area (Å²) >= 11 is 0. The van der Waals surface area contributed by atoms with Crippen LogP contribution in [0, 0.1) is 0 Å². The Kier molecular flexibility index (Phi) is 3.52. The van der Waals surface area contributed by atoms with Gasteiger partial charge in [-0.05, 0) is 0 Å². The first-order valence-electron chi connectivity index (χ1n) is 4.06. The summed E-state index contributed by atoms with van der Waals surface area (Å²) in [4.78, 5) is 0. The zero-order valence-electron chi connectivity index (χ0n) is 6.97. The van der Waals surface area contributed by atoms with E-state index in [1.54, 1.807) is 0 Å². The van der Waals surface area contributed by atoms with Crippen LogP contribution in [0.1, 0.15) is 6.42 Å². The molecule has 0 aliphatic carbocycles. The standard InChI is InChI=1S/C7H12F3NO2/c8-7(9,10)1-2-13-6-4-11-3-5(6)12/h5-6,11-12H,1-4H2. The smallest absolute Gasteiger partial charge is 0.389 e. The maximum atomic E-state index is 11.7. The Morgan fingerprint density at radius 1 is 1.38 bits per heavy atom. The van der Waals surface area contributed by atoms with E-state index in [0.717, 1.165) is 0 Å². The van der Waals surface area contributed by atoms with E-state index in [1.807, 2.05) is 0 Å². The number of alkyl halides is 3. The van der Waals surface area contributed by atoms with Crippen molar-refractivity contribution in [2.24, 2.45) is 0 Å². The Morgan fingerprint density at radius 2 is 2.08 bits per heavy atom. The van der Waals surface area contributed by atoms with Crippen molar-refractivity contribution in [3.8, 4) is 0 Å². The molecule has 0 radical (unpaired) electrons. The fraction of sp³-hybridized carbons (Fsp3) is 1.00. The number of halogens is 3. The highest BCUT2D eigenvalue weighted by molar-refractivity contribution is 4.81. The highest BCUT2D eigenvalue weighted by atomic mass is 19.4. The van der Waals surface area contributed by atoms with Crippen molar-refractivity contribution < 1.29 is 23.0 Å². The topological polar surface area (TPSA) is 41.5 Å². The average Bonchev–Trinajstić information content (AvgIpc) is 2.34. The molecule has 1 saturated heterocycles. The summed E-state index contributed by atoms with van der Waals surface area (Å²) in [5.41, 5.74) is 0. The lowest BCUT2D eigenvalue weighted by molar-refractivity contribution is -0.151. The van der Waals surface area contributed by atoms with Gasteiger partial charge in [0.05, 0.1) is 25.2 Å². The average molecular weight is 199 g/mol. The van der Waals surface area contributed by atoms with Gasteiger partial charge in [0.1, 0.15) is 0 Å². The van der Waals surface area contributed by atoms with Crippen LogP contribution in [-0.2, 0) is 4.74 Å². The maximum absolute atomic E-state index is 11.7. The summed E-state index contributed by atoms with van der Waals surface area (Å²) in [6, 6.07) is 0. The van der Waals surface area contributed by atoms with Gasteiger partial charge < -0.3 is 15.2 Å². The molecule has 0 aromatic heterocycles. The van der Waals surface area contributed by atoms with Gasteiger partial charge in [0.25, 0.3) is 0 Å². The second kappa shape index (κ2) is 4.26. The van der Waals surface area contributed by atoms with Crippen LogP contribution in [-0.4, -0.2) is 43.2 Å². The van der Waals surface area contributed by atoms with Crippen molar-refractivity contribution in [1.82, 2.24) is 5.32 Å². The molecular formula is C7H12F3NO2. The summed E-state index contributed by atoms with van der Waals surface area (Å²) in [6.45, 7) is 0.419. The predicted octanol–water partition coefficient (Wildman–Crippen LogP) is 0.288. The Labute approximate surface area is 73.9 Å². The lowest BCUT2D eigenvalue weighted by atomic mass is 10.2. The molecule has 3 nitrogen and oxygen atoms in total. The Morgan fingerprint density at radius 3 is 2.54 bits per heavy atom. The molecule has 0 aromatic carbocycles. The van der Waals surface area contributed by atoms with Gasteiger partial charge in [-0.3, -0.25) is 0 Å². The molecule has 78 valence electrons. The molecule has 2 unspecified atom stereocenters. The van der Waals surface area contributed by atoms with E-state index in [0.29, 0.717) is 13.1 Å². The molecule has 0 amide bonds. The van der Waals surface area contributed by atoms with Crippen LogP contribution < -0.4 is 5.32 Å². The monoisotopic (exact) mass is 199 g/mol. The second-order valence-corrected chi connectivity index (χ2v) is 3.00. The largest absolute Gasteiger partial charge is 0.391 e. The Hall–Kier alpha value is -0.330. The van der Waals surface area contributed by atoms with E-state index in [-0.39, 0.29) is 6.61 Å². The first-order chi connectivity index (χ1) is 5.99. The molecule has 6 heteroatoms. The molecule has 13 heavy (non-hydrogen) atoms. The van der Waals surface area contributed by atoms with Crippen molar-refractivity contribution in [3.05, 3.63) is 0 Å². The van der Waals surface area contributed by atoms with E-state index in [1.165, 1.54) is 0 Å². The van der Waals surface area contributed by atoms with Crippen LogP contribution in [0.3, 0.4) is 0 Å². The second-order valence-electron chi connectivity index (χ2n) is 3.00. The zero-order valence-corrected chi connectivity index (χ0v) is 6.97. The van der Waals surface area contributed by atoms with Crippen LogP contribution in [0.2, 0.25) is 0 Å². The normalized spacial score (nSPS) is 29.5. The van der Waals surface area contributed by atoms with Crippen LogP contribution in [0.5, 0.6) is 0 Å². The Balaban J connectivity index is 2.12. The van der Waals surface area contributed by atoms with Gasteiger partial charge in [-0.1, -0.05) is 0 Å². The van der Waals surface area contributed by atoms with Crippen LogP contribution in [0.4, 0.5) is 13.2 Å². The molecular weight excluding hydrogens is 187 g/mol. The lowest BCUT2D eigenvalue weighted by Gasteiger charge is -2.15. The highest BCUT2D eigenvalue weighted by Gasteiger charge is 2.30. The SMILES string of the molecule is OC1CNCC1OCCC(F)(F)F. The number of ether oxygens (including phenoxy) is 1. The minimum absolute atomic E-state index is 0.382. The van der Waals surface area contributed by atoms with Gasteiger partial charge in [0, 0.05) is 13.1 Å². The molecule has 2 N–H and O–H groups in total. The molecule has 0 saturated carbocycles. The molecule has 1 aliphatic rings. The van der Waals surface area contributed by atoms with Gasteiger partial charge in [-0.25, -0.2) is 0 Å². The first kappa shape index (κ1) is 10.7. The molecule has 1 aliphatic heterocycles. The summed E-state index contributed by atoms with van der Waals surface area (Å²) < 4.78 is 39.9. The van der Waals surface area contributed by atoms with Crippen LogP contribution in [0.25, 0.3) is 0 Å². The van der Waals surface area contributed by atoms with Crippen molar-refractivity contribution >= 4 is 0 Å². The maximum Gasteiger partial charge on any atom is 0.391 e. The number of β-amino-alcohol motifs (C(OH)–C–C–N with tert-alkyl or cyclic N) is 1. The van der Waals surface area contributed by atoms with E-state index in [9.17, 15) is 13.2 Å². The van der Waals surface area contributed by atoms with Gasteiger partial charge in [0.2, 0.25) is 0 Å². The van der Waals surface area contributed by atoms with Crippen molar-refractivity contribution in [3.63, 3.8) is 0 Å². The van der Waals surface area contributed by atoms with Gasteiger partial charge in [0.15, 0.2) is 0 Å². The third-order valence-corrected chi connectivity index (χ3v) is 1.85. The summed E-state index contributed by atoms with van der Waals surface area (Å²) in [5.74, 6) is 0. The quantitative estimate of drug-likeness (QED) is 0.686. The number of aliphatic hydroxyl groups is 1.